The molecule has 0 aliphatic carbocycles. The highest BCUT2D eigenvalue weighted by atomic mass is 19.1. The first-order valence-corrected chi connectivity index (χ1v) is 11.0. The van der Waals surface area contributed by atoms with E-state index in [4.69, 9.17) is 19.9 Å². The Bertz CT molecular complexity index is 1510. The third-order valence-corrected chi connectivity index (χ3v) is 5.92. The summed E-state index contributed by atoms with van der Waals surface area (Å²) in [7, 11) is 1.51. The van der Waals surface area contributed by atoms with E-state index in [1.54, 1.807) is 12.1 Å². The molecule has 0 bridgehead atoms. The number of halogens is 2. The maximum Gasteiger partial charge on any atom is 0.244 e. The molecule has 36 heavy (non-hydrogen) atoms. The lowest BCUT2D eigenvalue weighted by Gasteiger charge is -2.25. The normalized spacial score (nSPS) is 14.6. The summed E-state index contributed by atoms with van der Waals surface area (Å²) in [5.41, 5.74) is 9.83. The standard InChI is InChI=1S/C27H20F2N4O3/c1-34-21-9-7-16(11-17(21)14-35-22-10-8-18(28)12-20(22)29)23-19(13-30)26(31)36-27-24(23)25(32-33-27)15-5-3-2-4-6-15/h2-12,23H,14,31H2,1H3,(H,32,33)/t23-/m0/s1. The van der Waals surface area contributed by atoms with Gasteiger partial charge in [-0.15, -0.1) is 5.10 Å². The van der Waals surface area contributed by atoms with E-state index in [0.717, 1.165) is 17.7 Å². The number of nitriles is 1. The minimum Gasteiger partial charge on any atom is -0.496 e. The lowest BCUT2D eigenvalue weighted by Crippen LogP contribution is -2.21. The maximum absolute atomic E-state index is 14.1. The first-order chi connectivity index (χ1) is 17.5. The topological polar surface area (TPSA) is 106 Å². The molecule has 0 spiro atoms. The summed E-state index contributed by atoms with van der Waals surface area (Å²) in [5, 5.41) is 17.3. The molecule has 5 rings (SSSR count). The average molecular weight is 486 g/mol. The lowest BCUT2D eigenvalue weighted by atomic mass is 9.82. The summed E-state index contributed by atoms with van der Waals surface area (Å²) in [6.45, 7) is -0.0618. The number of aromatic amines is 1. The van der Waals surface area contributed by atoms with Crippen LogP contribution in [0.2, 0.25) is 0 Å². The van der Waals surface area contributed by atoms with Crippen LogP contribution >= 0.6 is 0 Å². The van der Waals surface area contributed by atoms with Crippen molar-refractivity contribution in [3.05, 3.63) is 107 Å². The summed E-state index contributed by atoms with van der Waals surface area (Å²) in [5.74, 6) is -1.47. The Labute approximate surface area is 205 Å². The van der Waals surface area contributed by atoms with Crippen molar-refractivity contribution in [2.45, 2.75) is 12.5 Å². The highest BCUT2D eigenvalue weighted by molar-refractivity contribution is 5.71. The number of hydrogen-bond donors (Lipinski definition) is 2. The van der Waals surface area contributed by atoms with Gasteiger partial charge >= 0.3 is 0 Å². The molecular weight excluding hydrogens is 466 g/mol. The van der Waals surface area contributed by atoms with Crippen LogP contribution in [0.4, 0.5) is 8.78 Å². The van der Waals surface area contributed by atoms with Gasteiger partial charge in [0.1, 0.15) is 29.8 Å². The van der Waals surface area contributed by atoms with Gasteiger partial charge in [-0.2, -0.15) is 5.26 Å². The Morgan fingerprint density at radius 3 is 2.58 bits per heavy atom. The SMILES string of the molecule is COc1ccc([C@H]2C(C#N)=C(N)Oc3n[nH]c(-c4ccccc4)c32)cc1COc1ccc(F)cc1F. The van der Waals surface area contributed by atoms with Crippen molar-refractivity contribution in [2.24, 2.45) is 5.73 Å². The van der Waals surface area contributed by atoms with Crippen molar-refractivity contribution in [2.75, 3.05) is 7.11 Å². The van der Waals surface area contributed by atoms with Gasteiger partial charge in [-0.25, -0.2) is 8.78 Å². The van der Waals surface area contributed by atoms with Gasteiger partial charge in [-0.3, -0.25) is 5.10 Å². The largest absolute Gasteiger partial charge is 0.496 e. The number of benzene rings is 3. The average Bonchev–Trinajstić information content (AvgIpc) is 3.31. The van der Waals surface area contributed by atoms with E-state index in [0.29, 0.717) is 28.1 Å². The first kappa shape index (κ1) is 22.9. The molecule has 1 aliphatic rings. The molecular formula is C27H20F2N4O3. The van der Waals surface area contributed by atoms with Crippen LogP contribution in [0.1, 0.15) is 22.6 Å². The molecule has 1 aliphatic heterocycles. The molecule has 3 N–H and O–H groups in total. The zero-order valence-electron chi connectivity index (χ0n) is 19.1. The van der Waals surface area contributed by atoms with Gasteiger partial charge in [0.25, 0.3) is 0 Å². The molecule has 0 fully saturated rings. The minimum absolute atomic E-state index is 0.0388. The second-order valence-corrected chi connectivity index (χ2v) is 8.04. The summed E-state index contributed by atoms with van der Waals surface area (Å²) in [6, 6.07) is 20.1. The third kappa shape index (κ3) is 4.09. The van der Waals surface area contributed by atoms with Gasteiger partial charge in [0.2, 0.25) is 11.8 Å². The van der Waals surface area contributed by atoms with Gasteiger partial charge in [0.15, 0.2) is 11.6 Å². The molecule has 180 valence electrons. The molecule has 2 heterocycles. The summed E-state index contributed by atoms with van der Waals surface area (Å²) in [4.78, 5) is 0. The van der Waals surface area contributed by atoms with Gasteiger partial charge in [0.05, 0.1) is 24.3 Å². The van der Waals surface area contributed by atoms with E-state index in [9.17, 15) is 14.0 Å². The molecule has 9 heteroatoms. The van der Waals surface area contributed by atoms with E-state index >= 15 is 0 Å². The second kappa shape index (κ2) is 9.43. The van der Waals surface area contributed by atoms with Crippen LogP contribution in [0.3, 0.4) is 0 Å². The molecule has 0 saturated heterocycles. The van der Waals surface area contributed by atoms with Crippen LogP contribution in [0.5, 0.6) is 17.4 Å². The van der Waals surface area contributed by atoms with Crippen LogP contribution in [0.25, 0.3) is 11.3 Å². The number of nitrogens with zero attached hydrogens (tertiary/aromatic N) is 2. The van der Waals surface area contributed by atoms with E-state index in [1.807, 2.05) is 36.4 Å². The van der Waals surface area contributed by atoms with Crippen molar-refractivity contribution >= 4 is 0 Å². The van der Waals surface area contributed by atoms with Crippen LogP contribution in [-0.2, 0) is 6.61 Å². The van der Waals surface area contributed by atoms with Gasteiger partial charge < -0.3 is 19.9 Å². The lowest BCUT2D eigenvalue weighted by molar-refractivity contribution is 0.281. The Hall–Kier alpha value is -4.84. The number of rotatable bonds is 6. The van der Waals surface area contributed by atoms with E-state index in [-0.39, 0.29) is 29.7 Å². The number of hydrogen-bond acceptors (Lipinski definition) is 6. The fourth-order valence-corrected chi connectivity index (χ4v) is 4.24. The summed E-state index contributed by atoms with van der Waals surface area (Å²) in [6.07, 6.45) is 0. The zero-order valence-corrected chi connectivity index (χ0v) is 19.1. The number of methoxy groups -OCH3 is 1. The van der Waals surface area contributed by atoms with Crippen LogP contribution in [0, 0.1) is 23.0 Å². The minimum atomic E-state index is -0.812. The van der Waals surface area contributed by atoms with Gasteiger partial charge in [-0.05, 0) is 35.4 Å². The molecule has 7 nitrogen and oxygen atoms in total. The van der Waals surface area contributed by atoms with Gasteiger partial charge in [-0.1, -0.05) is 36.4 Å². The number of aromatic nitrogens is 2. The fourth-order valence-electron chi connectivity index (χ4n) is 4.24. The van der Waals surface area contributed by atoms with Crippen molar-refractivity contribution < 1.29 is 23.0 Å². The number of H-pyrrole nitrogens is 1. The zero-order chi connectivity index (χ0) is 25.2. The Morgan fingerprint density at radius 2 is 1.86 bits per heavy atom. The third-order valence-electron chi connectivity index (χ3n) is 5.92. The molecule has 0 saturated carbocycles. The Balaban J connectivity index is 1.58. The van der Waals surface area contributed by atoms with E-state index < -0.39 is 17.6 Å². The molecule has 0 radical (unpaired) electrons. The van der Waals surface area contributed by atoms with Crippen molar-refractivity contribution in [3.8, 4) is 34.7 Å². The van der Waals surface area contributed by atoms with Crippen LogP contribution in [-0.4, -0.2) is 17.3 Å². The number of nitrogens with one attached hydrogen (secondary N) is 1. The predicted octanol–water partition coefficient (Wildman–Crippen LogP) is 5.16. The predicted molar refractivity (Wildman–Crippen MR) is 127 cm³/mol. The van der Waals surface area contributed by atoms with Crippen LogP contribution < -0.4 is 19.9 Å². The monoisotopic (exact) mass is 486 g/mol. The van der Waals surface area contributed by atoms with E-state index in [2.05, 4.69) is 16.3 Å². The van der Waals surface area contributed by atoms with Crippen LogP contribution in [0.15, 0.2) is 78.2 Å². The van der Waals surface area contributed by atoms with Crippen molar-refractivity contribution in [3.63, 3.8) is 0 Å². The molecule has 3 aromatic carbocycles. The fraction of sp³-hybridized carbons (Fsp3) is 0.111. The molecule has 1 atom stereocenters. The molecule has 0 unspecified atom stereocenters. The summed E-state index contributed by atoms with van der Waals surface area (Å²) >= 11 is 0. The van der Waals surface area contributed by atoms with E-state index in [1.165, 1.54) is 13.2 Å². The maximum atomic E-state index is 14.1. The number of allylic oxidation sites excluding steroid dienone is 1. The molecule has 0 amide bonds. The molecule has 1 aromatic heterocycles. The Kier molecular flexibility index (Phi) is 6.00. The number of nitrogens with two attached hydrogens (primary N) is 1. The first-order valence-electron chi connectivity index (χ1n) is 11.0. The second-order valence-electron chi connectivity index (χ2n) is 8.04. The highest BCUT2D eigenvalue weighted by Crippen LogP contribution is 2.46. The van der Waals surface area contributed by atoms with Crippen molar-refractivity contribution in [1.82, 2.24) is 10.2 Å². The number of fused-ring (bicyclic) bond motifs is 1. The quantitative estimate of drug-likeness (QED) is 0.390. The smallest absolute Gasteiger partial charge is 0.244 e. The van der Waals surface area contributed by atoms with Crippen molar-refractivity contribution in [1.29, 1.82) is 5.26 Å². The highest BCUT2D eigenvalue weighted by Gasteiger charge is 2.36. The number of ether oxygens (including phenoxy) is 3. The van der Waals surface area contributed by atoms with Gasteiger partial charge in [0, 0.05) is 11.6 Å². The Morgan fingerprint density at radius 1 is 1.08 bits per heavy atom. The molecule has 4 aromatic rings. The summed E-state index contributed by atoms with van der Waals surface area (Å²) < 4.78 is 44.1.